The highest BCUT2D eigenvalue weighted by Gasteiger charge is 2.29. The van der Waals surface area contributed by atoms with E-state index in [9.17, 15) is 27.9 Å². The Morgan fingerprint density at radius 1 is 1.28 bits per heavy atom. The van der Waals surface area contributed by atoms with Gasteiger partial charge in [0.2, 0.25) is 0 Å². The molecule has 0 radical (unpaired) electrons. The predicted octanol–water partition coefficient (Wildman–Crippen LogP) is 1.01. The van der Waals surface area contributed by atoms with E-state index < -0.39 is 46.6 Å². The normalized spacial score (nSPS) is 12.1. The first-order valence-corrected chi connectivity index (χ1v) is 4.47. The molecule has 5 nitrogen and oxygen atoms in total. The van der Waals surface area contributed by atoms with Crippen molar-refractivity contribution in [2.45, 2.75) is 6.10 Å². The summed E-state index contributed by atoms with van der Waals surface area (Å²) in [5, 5.41) is 17.7. The molecule has 8 heteroatoms. The number of carboxylic acid groups (broad SMARTS) is 1. The minimum Gasteiger partial charge on any atom is -0.477 e. The summed E-state index contributed by atoms with van der Waals surface area (Å²) in [6.45, 7) is 0. The number of hydrogen-bond acceptors (Lipinski definition) is 4. The molecule has 2 N–H and O–H groups in total. The lowest BCUT2D eigenvalue weighted by atomic mass is 10.0. The van der Waals surface area contributed by atoms with Crippen molar-refractivity contribution in [3.8, 4) is 0 Å². The summed E-state index contributed by atoms with van der Waals surface area (Å²) >= 11 is 0. The Labute approximate surface area is 98.4 Å². The Bertz CT molecular complexity index is 515. The lowest BCUT2D eigenvalue weighted by Crippen LogP contribution is -2.18. The topological polar surface area (TPSA) is 83.8 Å². The van der Waals surface area contributed by atoms with Crippen LogP contribution in [0.5, 0.6) is 0 Å². The first kappa shape index (κ1) is 14.0. The van der Waals surface area contributed by atoms with E-state index in [0.717, 1.165) is 7.11 Å². The number of carboxylic acids is 1. The Kier molecular flexibility index (Phi) is 3.92. The lowest BCUT2D eigenvalue weighted by Gasteiger charge is -2.11. The van der Waals surface area contributed by atoms with Crippen LogP contribution in [0.15, 0.2) is 6.07 Å². The van der Waals surface area contributed by atoms with Crippen molar-refractivity contribution in [1.82, 2.24) is 0 Å². The van der Waals surface area contributed by atoms with Crippen LogP contribution in [-0.4, -0.2) is 29.3 Å². The van der Waals surface area contributed by atoms with Crippen molar-refractivity contribution in [2.24, 2.45) is 0 Å². The summed E-state index contributed by atoms with van der Waals surface area (Å²) < 4.78 is 43.9. The van der Waals surface area contributed by atoms with Crippen LogP contribution >= 0.6 is 0 Å². The van der Waals surface area contributed by atoms with E-state index in [1.165, 1.54) is 0 Å². The fourth-order valence-electron chi connectivity index (χ4n) is 1.25. The number of rotatable bonds is 3. The monoisotopic (exact) mass is 264 g/mol. The van der Waals surface area contributed by atoms with Gasteiger partial charge in [0.05, 0.1) is 7.11 Å². The summed E-state index contributed by atoms with van der Waals surface area (Å²) in [6.07, 6.45) is -2.25. The van der Waals surface area contributed by atoms with Crippen molar-refractivity contribution in [3.05, 3.63) is 34.6 Å². The maximum atomic E-state index is 13.4. The molecule has 0 aliphatic heterocycles. The second-order valence-corrected chi connectivity index (χ2v) is 3.18. The van der Waals surface area contributed by atoms with Crippen LogP contribution in [0.4, 0.5) is 13.2 Å². The summed E-state index contributed by atoms with van der Waals surface area (Å²) in [5.41, 5.74) is -2.55. The van der Waals surface area contributed by atoms with E-state index in [2.05, 4.69) is 4.74 Å². The number of esters is 1. The molecule has 1 aromatic carbocycles. The standard InChI is InChI=1S/C10H7F3O5/c1-18-10(17)8(14)3-2-4(11)5(9(15)16)7(13)6(3)12/h2,8,14H,1H3,(H,15,16). The molecule has 0 aliphatic carbocycles. The third-order valence-electron chi connectivity index (χ3n) is 2.12. The largest absolute Gasteiger partial charge is 0.477 e. The molecule has 0 fully saturated rings. The molecule has 0 bridgehead atoms. The number of aromatic carboxylic acids is 1. The number of hydrogen-bond donors (Lipinski definition) is 2. The zero-order valence-corrected chi connectivity index (χ0v) is 8.91. The Morgan fingerprint density at radius 2 is 1.83 bits per heavy atom. The number of ether oxygens (including phenoxy) is 1. The van der Waals surface area contributed by atoms with Crippen molar-refractivity contribution >= 4 is 11.9 Å². The Balaban J connectivity index is 3.42. The molecule has 0 aliphatic rings. The first-order valence-electron chi connectivity index (χ1n) is 4.47. The molecule has 0 aromatic heterocycles. The molecule has 0 saturated heterocycles. The zero-order chi connectivity index (χ0) is 14.0. The van der Waals surface area contributed by atoms with Crippen molar-refractivity contribution in [2.75, 3.05) is 7.11 Å². The molecule has 1 unspecified atom stereocenters. The smallest absolute Gasteiger partial charge is 0.341 e. The third kappa shape index (κ3) is 2.28. The van der Waals surface area contributed by atoms with Crippen LogP contribution in [0.25, 0.3) is 0 Å². The SMILES string of the molecule is COC(=O)C(O)c1cc(F)c(C(=O)O)c(F)c1F. The third-order valence-corrected chi connectivity index (χ3v) is 2.12. The number of aliphatic hydroxyl groups is 1. The van der Waals surface area contributed by atoms with Crippen LogP contribution in [-0.2, 0) is 9.53 Å². The van der Waals surface area contributed by atoms with E-state index in [4.69, 9.17) is 5.11 Å². The van der Waals surface area contributed by atoms with Gasteiger partial charge in [-0.05, 0) is 6.07 Å². The van der Waals surface area contributed by atoms with Crippen molar-refractivity contribution in [3.63, 3.8) is 0 Å². The highest BCUT2D eigenvalue weighted by atomic mass is 19.2. The van der Waals surface area contributed by atoms with Crippen LogP contribution in [0, 0.1) is 17.5 Å². The first-order chi connectivity index (χ1) is 8.31. The predicted molar refractivity (Wildman–Crippen MR) is 50.3 cm³/mol. The number of halogens is 3. The van der Waals surface area contributed by atoms with E-state index in [1.807, 2.05) is 0 Å². The molecule has 18 heavy (non-hydrogen) atoms. The minimum absolute atomic E-state index is 0.226. The molecule has 1 rings (SSSR count). The van der Waals surface area contributed by atoms with Gasteiger partial charge < -0.3 is 14.9 Å². The molecule has 1 atom stereocenters. The number of benzene rings is 1. The maximum absolute atomic E-state index is 13.4. The summed E-state index contributed by atoms with van der Waals surface area (Å²) in [4.78, 5) is 21.4. The van der Waals surface area contributed by atoms with E-state index in [0.29, 0.717) is 0 Å². The average Bonchev–Trinajstić information content (AvgIpc) is 2.31. The molecular formula is C10H7F3O5. The number of aliphatic hydroxyl groups excluding tert-OH is 1. The number of methoxy groups -OCH3 is 1. The van der Waals surface area contributed by atoms with Gasteiger partial charge in [0.25, 0.3) is 0 Å². The van der Waals surface area contributed by atoms with Crippen LogP contribution in [0.2, 0.25) is 0 Å². The molecule has 1 aromatic rings. The molecule has 98 valence electrons. The highest BCUT2D eigenvalue weighted by Crippen LogP contribution is 2.25. The van der Waals surface area contributed by atoms with E-state index in [1.54, 1.807) is 0 Å². The minimum atomic E-state index is -2.25. The second kappa shape index (κ2) is 5.05. The lowest BCUT2D eigenvalue weighted by molar-refractivity contribution is -0.150. The highest BCUT2D eigenvalue weighted by molar-refractivity contribution is 5.88. The fraction of sp³-hybridized carbons (Fsp3) is 0.200. The van der Waals surface area contributed by atoms with Gasteiger partial charge in [-0.15, -0.1) is 0 Å². The van der Waals surface area contributed by atoms with Gasteiger partial charge in [0, 0.05) is 5.56 Å². The number of carbonyl (C=O) groups is 2. The van der Waals surface area contributed by atoms with E-state index in [-0.39, 0.29) is 6.07 Å². The van der Waals surface area contributed by atoms with Gasteiger partial charge in [-0.25, -0.2) is 22.8 Å². The van der Waals surface area contributed by atoms with Gasteiger partial charge in [-0.1, -0.05) is 0 Å². The molecule has 0 heterocycles. The van der Waals surface area contributed by atoms with Crippen LogP contribution < -0.4 is 0 Å². The fourth-order valence-corrected chi connectivity index (χ4v) is 1.25. The second-order valence-electron chi connectivity index (χ2n) is 3.18. The average molecular weight is 264 g/mol. The Hall–Kier alpha value is -2.09. The van der Waals surface area contributed by atoms with Gasteiger partial charge in [-0.2, -0.15) is 0 Å². The van der Waals surface area contributed by atoms with Crippen molar-refractivity contribution in [1.29, 1.82) is 0 Å². The van der Waals surface area contributed by atoms with Crippen molar-refractivity contribution < 1.29 is 37.7 Å². The summed E-state index contributed by atoms with van der Waals surface area (Å²) in [7, 11) is 0.877. The molecule has 0 amide bonds. The van der Waals surface area contributed by atoms with Gasteiger partial charge in [0.15, 0.2) is 17.7 Å². The maximum Gasteiger partial charge on any atom is 0.341 e. The molecular weight excluding hydrogens is 257 g/mol. The van der Waals surface area contributed by atoms with Gasteiger partial charge >= 0.3 is 11.9 Å². The summed E-state index contributed by atoms with van der Waals surface area (Å²) in [5.74, 6) is -8.79. The molecule has 0 saturated carbocycles. The van der Waals surface area contributed by atoms with Crippen LogP contribution in [0.3, 0.4) is 0 Å². The Morgan fingerprint density at radius 3 is 2.28 bits per heavy atom. The van der Waals surface area contributed by atoms with Gasteiger partial charge in [0.1, 0.15) is 11.4 Å². The summed E-state index contributed by atoms with van der Waals surface area (Å²) in [6, 6.07) is 0.226. The van der Waals surface area contributed by atoms with Crippen LogP contribution in [0.1, 0.15) is 22.0 Å². The van der Waals surface area contributed by atoms with E-state index >= 15 is 0 Å². The quantitative estimate of drug-likeness (QED) is 0.628. The molecule has 0 spiro atoms. The number of carbonyl (C=O) groups excluding carboxylic acids is 1. The van der Waals surface area contributed by atoms with Gasteiger partial charge in [-0.3, -0.25) is 0 Å². The zero-order valence-electron chi connectivity index (χ0n) is 8.91.